The number of sulfonamides is 1. The number of ether oxygens (including phenoxy) is 1. The second-order valence-corrected chi connectivity index (χ2v) is 8.30. The van der Waals surface area contributed by atoms with E-state index in [1.807, 2.05) is 50.4 Å². The molecule has 0 heterocycles. The van der Waals surface area contributed by atoms with Gasteiger partial charge >= 0.3 is 0 Å². The zero-order valence-corrected chi connectivity index (χ0v) is 17.0. The van der Waals surface area contributed by atoms with E-state index in [1.54, 1.807) is 24.3 Å². The minimum Gasteiger partial charge on any atom is -0.495 e. The summed E-state index contributed by atoms with van der Waals surface area (Å²) in [6, 6.07) is 22.6. The number of aryl methyl sites for hydroxylation is 1. The average Bonchev–Trinajstić information content (AvgIpc) is 2.69. The van der Waals surface area contributed by atoms with Crippen LogP contribution in [-0.2, 0) is 16.6 Å². The fourth-order valence-corrected chi connectivity index (χ4v) is 4.25. The second-order valence-electron chi connectivity index (χ2n) is 6.65. The molecule has 0 spiro atoms. The summed E-state index contributed by atoms with van der Waals surface area (Å²) in [5.41, 5.74) is 3.56. The molecule has 146 valence electrons. The van der Waals surface area contributed by atoms with Gasteiger partial charge < -0.3 is 9.64 Å². The SMILES string of the molecule is COc1ccc(C)cc1S(=O)(=O)Nc1ccc(N(C)Cc2ccccc2)cc1. The molecular weight excluding hydrogens is 372 g/mol. The lowest BCUT2D eigenvalue weighted by Crippen LogP contribution is -2.17. The zero-order chi connectivity index (χ0) is 20.1. The first-order chi connectivity index (χ1) is 13.4. The van der Waals surface area contributed by atoms with Gasteiger partial charge in [0.15, 0.2) is 0 Å². The molecule has 6 heteroatoms. The zero-order valence-electron chi connectivity index (χ0n) is 16.2. The monoisotopic (exact) mass is 396 g/mol. The highest BCUT2D eigenvalue weighted by Crippen LogP contribution is 2.27. The van der Waals surface area contributed by atoms with Gasteiger partial charge in [-0.25, -0.2) is 8.42 Å². The van der Waals surface area contributed by atoms with Crippen LogP contribution in [-0.4, -0.2) is 22.6 Å². The van der Waals surface area contributed by atoms with Crippen molar-refractivity contribution in [3.63, 3.8) is 0 Å². The number of anilines is 2. The normalized spacial score (nSPS) is 11.1. The van der Waals surface area contributed by atoms with Gasteiger partial charge in [-0.2, -0.15) is 0 Å². The fourth-order valence-electron chi connectivity index (χ4n) is 2.94. The van der Waals surface area contributed by atoms with Crippen molar-refractivity contribution >= 4 is 21.4 Å². The summed E-state index contributed by atoms with van der Waals surface area (Å²) >= 11 is 0. The molecule has 0 aromatic heterocycles. The summed E-state index contributed by atoms with van der Waals surface area (Å²) < 4.78 is 33.4. The minimum atomic E-state index is -3.75. The van der Waals surface area contributed by atoms with Crippen LogP contribution in [0, 0.1) is 6.92 Å². The van der Waals surface area contributed by atoms with Crippen molar-refractivity contribution < 1.29 is 13.2 Å². The molecule has 0 unspecified atom stereocenters. The largest absolute Gasteiger partial charge is 0.495 e. The van der Waals surface area contributed by atoms with E-state index in [-0.39, 0.29) is 4.90 Å². The van der Waals surface area contributed by atoms with Crippen LogP contribution in [0.1, 0.15) is 11.1 Å². The van der Waals surface area contributed by atoms with Crippen molar-refractivity contribution in [1.82, 2.24) is 0 Å². The van der Waals surface area contributed by atoms with Crippen LogP contribution in [0.3, 0.4) is 0 Å². The molecule has 0 aliphatic carbocycles. The lowest BCUT2D eigenvalue weighted by molar-refractivity contribution is 0.402. The molecule has 28 heavy (non-hydrogen) atoms. The Morgan fingerprint density at radius 1 is 0.964 bits per heavy atom. The molecule has 0 saturated carbocycles. The van der Waals surface area contributed by atoms with Crippen molar-refractivity contribution in [2.75, 3.05) is 23.8 Å². The molecule has 0 radical (unpaired) electrons. The molecule has 5 nitrogen and oxygen atoms in total. The number of methoxy groups -OCH3 is 1. The van der Waals surface area contributed by atoms with Gasteiger partial charge in [0.1, 0.15) is 10.6 Å². The van der Waals surface area contributed by atoms with Gasteiger partial charge in [-0.3, -0.25) is 4.72 Å². The standard InChI is InChI=1S/C22H24N2O3S/c1-17-9-14-21(27-3)22(15-17)28(25,26)23-19-10-12-20(13-11-19)24(2)16-18-7-5-4-6-8-18/h4-15,23H,16H2,1-3H3. The van der Waals surface area contributed by atoms with Crippen LogP contribution in [0.5, 0.6) is 5.75 Å². The van der Waals surface area contributed by atoms with E-state index in [2.05, 4.69) is 21.8 Å². The molecule has 0 atom stereocenters. The molecule has 0 aliphatic rings. The smallest absolute Gasteiger partial charge is 0.265 e. The van der Waals surface area contributed by atoms with Crippen LogP contribution in [0.2, 0.25) is 0 Å². The molecule has 1 N–H and O–H groups in total. The Bertz CT molecular complexity index is 1030. The van der Waals surface area contributed by atoms with Gasteiger partial charge in [-0.1, -0.05) is 36.4 Å². The number of nitrogens with one attached hydrogen (secondary N) is 1. The van der Waals surface area contributed by atoms with Crippen LogP contribution in [0.4, 0.5) is 11.4 Å². The maximum absolute atomic E-state index is 12.8. The first-order valence-corrected chi connectivity index (χ1v) is 10.4. The predicted octanol–water partition coefficient (Wildman–Crippen LogP) is 4.44. The van der Waals surface area contributed by atoms with E-state index in [0.29, 0.717) is 11.4 Å². The van der Waals surface area contributed by atoms with Gasteiger partial charge in [0.25, 0.3) is 10.0 Å². The molecule has 0 saturated heterocycles. The maximum atomic E-state index is 12.8. The van der Waals surface area contributed by atoms with E-state index in [4.69, 9.17) is 4.74 Å². The van der Waals surface area contributed by atoms with Crippen LogP contribution in [0.25, 0.3) is 0 Å². The number of nitrogens with zero attached hydrogens (tertiary/aromatic N) is 1. The lowest BCUT2D eigenvalue weighted by Gasteiger charge is -2.20. The number of hydrogen-bond acceptors (Lipinski definition) is 4. The van der Waals surface area contributed by atoms with Crippen molar-refractivity contribution in [2.24, 2.45) is 0 Å². The first-order valence-electron chi connectivity index (χ1n) is 8.91. The van der Waals surface area contributed by atoms with Crippen molar-refractivity contribution in [3.05, 3.63) is 83.9 Å². The van der Waals surface area contributed by atoms with E-state index in [9.17, 15) is 8.42 Å². The van der Waals surface area contributed by atoms with Crippen molar-refractivity contribution in [1.29, 1.82) is 0 Å². The number of hydrogen-bond donors (Lipinski definition) is 1. The highest BCUT2D eigenvalue weighted by atomic mass is 32.2. The molecule has 0 fully saturated rings. The summed E-state index contributed by atoms with van der Waals surface area (Å²) in [6.07, 6.45) is 0. The quantitative estimate of drug-likeness (QED) is 0.641. The molecule has 3 aromatic rings. The third-order valence-corrected chi connectivity index (χ3v) is 5.83. The lowest BCUT2D eigenvalue weighted by atomic mass is 10.2. The van der Waals surface area contributed by atoms with Crippen LogP contribution < -0.4 is 14.4 Å². The van der Waals surface area contributed by atoms with Gasteiger partial charge in [-0.15, -0.1) is 0 Å². The van der Waals surface area contributed by atoms with Crippen molar-refractivity contribution in [3.8, 4) is 5.75 Å². The van der Waals surface area contributed by atoms with Gasteiger partial charge in [-0.05, 0) is 54.4 Å². The Kier molecular flexibility index (Phi) is 5.90. The highest BCUT2D eigenvalue weighted by Gasteiger charge is 2.20. The van der Waals surface area contributed by atoms with Crippen LogP contribution >= 0.6 is 0 Å². The number of benzene rings is 3. The van der Waals surface area contributed by atoms with E-state index >= 15 is 0 Å². The summed E-state index contributed by atoms with van der Waals surface area (Å²) in [5, 5.41) is 0. The summed E-state index contributed by atoms with van der Waals surface area (Å²) in [4.78, 5) is 2.23. The molecule has 0 bridgehead atoms. The Morgan fingerprint density at radius 3 is 2.29 bits per heavy atom. The minimum absolute atomic E-state index is 0.125. The van der Waals surface area contributed by atoms with Gasteiger partial charge in [0.2, 0.25) is 0 Å². The highest BCUT2D eigenvalue weighted by molar-refractivity contribution is 7.92. The van der Waals surface area contributed by atoms with E-state index in [1.165, 1.54) is 12.7 Å². The number of rotatable bonds is 7. The van der Waals surface area contributed by atoms with Gasteiger partial charge in [0, 0.05) is 25.0 Å². The fraction of sp³-hybridized carbons (Fsp3) is 0.182. The topological polar surface area (TPSA) is 58.6 Å². The first kappa shape index (κ1) is 19.8. The molecule has 0 aliphatic heterocycles. The summed E-state index contributed by atoms with van der Waals surface area (Å²) in [5.74, 6) is 0.317. The second kappa shape index (κ2) is 8.35. The summed E-state index contributed by atoms with van der Waals surface area (Å²) in [7, 11) is -0.286. The Balaban J connectivity index is 1.76. The van der Waals surface area contributed by atoms with Gasteiger partial charge in [0.05, 0.1) is 7.11 Å². The molecule has 0 amide bonds. The van der Waals surface area contributed by atoms with E-state index < -0.39 is 10.0 Å². The average molecular weight is 397 g/mol. The van der Waals surface area contributed by atoms with E-state index in [0.717, 1.165) is 17.8 Å². The Labute approximate surface area is 166 Å². The predicted molar refractivity (Wildman–Crippen MR) is 114 cm³/mol. The molecular formula is C22H24N2O3S. The Morgan fingerprint density at radius 2 is 1.64 bits per heavy atom. The Hall–Kier alpha value is -2.99. The maximum Gasteiger partial charge on any atom is 0.265 e. The molecule has 3 aromatic carbocycles. The molecule has 3 rings (SSSR count). The summed E-state index contributed by atoms with van der Waals surface area (Å²) in [6.45, 7) is 2.61. The third-order valence-electron chi connectivity index (χ3n) is 4.43. The third kappa shape index (κ3) is 4.64. The van der Waals surface area contributed by atoms with Crippen molar-refractivity contribution in [2.45, 2.75) is 18.4 Å². The van der Waals surface area contributed by atoms with Crippen LogP contribution in [0.15, 0.2) is 77.7 Å².